The zero-order valence-electron chi connectivity index (χ0n) is 20.8. The van der Waals surface area contributed by atoms with E-state index in [0.717, 1.165) is 92.2 Å². The van der Waals surface area contributed by atoms with E-state index in [1.54, 1.807) is 23.7 Å². The van der Waals surface area contributed by atoms with Crippen LogP contribution in [0, 0.1) is 5.92 Å². The monoisotopic (exact) mass is 505 g/mol. The van der Waals surface area contributed by atoms with Crippen molar-refractivity contribution in [2.24, 2.45) is 5.92 Å². The molecule has 190 valence electrons. The Labute approximate surface area is 216 Å². The number of Topliss-reactive ketones (excluding diaryl/α,β-unsaturated/α-hetero) is 1. The summed E-state index contributed by atoms with van der Waals surface area (Å²) < 4.78 is 1.08. The second kappa shape index (κ2) is 11.9. The molecule has 0 saturated carbocycles. The summed E-state index contributed by atoms with van der Waals surface area (Å²) in [6.45, 7) is 5.49. The minimum Gasteiger partial charge on any atom is -0.354 e. The molecule has 3 aromatic rings. The van der Waals surface area contributed by atoms with Crippen molar-refractivity contribution in [3.63, 3.8) is 0 Å². The standard InChI is InChI=1S/C28H35N5O2S/c34-24(25-18-22-8-11-30-20-26(22)36-25)5-3-1-2-4-21-9-14-33(15-10-21)28(35)23-6-7-27(31-19-23)32-16-12-29-13-17-32/h6-8,11,18-21,29H,1-5,9-10,12-17H2. The fraction of sp³-hybridized carbons (Fsp3) is 0.500. The number of unbranched alkanes of at least 4 members (excludes halogenated alkanes) is 2. The average molecular weight is 506 g/mol. The molecule has 7 nitrogen and oxygen atoms in total. The van der Waals surface area contributed by atoms with Gasteiger partial charge in [-0.05, 0) is 54.8 Å². The third-order valence-electron chi connectivity index (χ3n) is 7.45. The second-order valence-electron chi connectivity index (χ2n) is 9.92. The Bertz CT molecular complexity index is 1130. The molecule has 8 heteroatoms. The van der Waals surface area contributed by atoms with E-state index in [4.69, 9.17) is 0 Å². The summed E-state index contributed by atoms with van der Waals surface area (Å²) in [6, 6.07) is 7.86. The maximum absolute atomic E-state index is 13.0. The first-order valence-electron chi connectivity index (χ1n) is 13.2. The number of amides is 1. The van der Waals surface area contributed by atoms with Crippen LogP contribution in [-0.4, -0.2) is 65.8 Å². The molecule has 2 aliphatic rings. The maximum atomic E-state index is 13.0. The Balaban J connectivity index is 0.991. The van der Waals surface area contributed by atoms with Gasteiger partial charge >= 0.3 is 0 Å². The van der Waals surface area contributed by atoms with Gasteiger partial charge in [0.05, 0.1) is 15.1 Å². The SMILES string of the molecule is O=C(CCCCCC1CCN(C(=O)c2ccc(N3CCNCC3)nc2)CC1)c1cc2ccncc2s1. The fourth-order valence-electron chi connectivity index (χ4n) is 5.24. The van der Waals surface area contributed by atoms with Gasteiger partial charge in [-0.15, -0.1) is 11.3 Å². The molecule has 1 N–H and O–H groups in total. The van der Waals surface area contributed by atoms with E-state index in [2.05, 4.69) is 20.2 Å². The topological polar surface area (TPSA) is 78.4 Å². The molecule has 0 aliphatic carbocycles. The first-order valence-corrected chi connectivity index (χ1v) is 14.1. The average Bonchev–Trinajstić information content (AvgIpc) is 3.38. The lowest BCUT2D eigenvalue weighted by atomic mass is 9.91. The van der Waals surface area contributed by atoms with Crippen LogP contribution >= 0.6 is 11.3 Å². The Morgan fingerprint density at radius 2 is 1.83 bits per heavy atom. The summed E-state index contributed by atoms with van der Waals surface area (Å²) in [6.07, 6.45) is 12.5. The number of rotatable bonds is 9. The van der Waals surface area contributed by atoms with Gasteiger partial charge in [0, 0.05) is 64.3 Å². The molecule has 0 radical (unpaired) electrons. The van der Waals surface area contributed by atoms with Crippen molar-refractivity contribution < 1.29 is 9.59 Å². The maximum Gasteiger partial charge on any atom is 0.255 e. The molecule has 0 unspecified atom stereocenters. The van der Waals surface area contributed by atoms with E-state index < -0.39 is 0 Å². The summed E-state index contributed by atoms with van der Waals surface area (Å²) in [7, 11) is 0. The molecule has 5 heterocycles. The molecule has 2 aliphatic heterocycles. The largest absolute Gasteiger partial charge is 0.354 e. The highest BCUT2D eigenvalue weighted by atomic mass is 32.1. The van der Waals surface area contributed by atoms with Crippen LogP contribution in [-0.2, 0) is 0 Å². The molecule has 3 aromatic heterocycles. The highest BCUT2D eigenvalue weighted by molar-refractivity contribution is 7.20. The van der Waals surface area contributed by atoms with Crippen molar-refractivity contribution in [1.82, 2.24) is 20.2 Å². The number of hydrogen-bond acceptors (Lipinski definition) is 7. The van der Waals surface area contributed by atoms with Gasteiger partial charge in [-0.1, -0.05) is 19.3 Å². The van der Waals surface area contributed by atoms with E-state index >= 15 is 0 Å². The molecule has 5 rings (SSSR count). The van der Waals surface area contributed by atoms with Crippen molar-refractivity contribution in [1.29, 1.82) is 0 Å². The lowest BCUT2D eigenvalue weighted by Gasteiger charge is -2.32. The van der Waals surface area contributed by atoms with Crippen LogP contribution in [0.3, 0.4) is 0 Å². The third-order valence-corrected chi connectivity index (χ3v) is 8.58. The fourth-order valence-corrected chi connectivity index (χ4v) is 6.24. The predicted octanol–water partition coefficient (Wildman–Crippen LogP) is 4.79. The predicted molar refractivity (Wildman–Crippen MR) is 145 cm³/mol. The number of hydrogen-bond donors (Lipinski definition) is 1. The van der Waals surface area contributed by atoms with Crippen LogP contribution in [0.2, 0.25) is 0 Å². The quantitative estimate of drug-likeness (QED) is 0.333. The van der Waals surface area contributed by atoms with Crippen molar-refractivity contribution >= 4 is 38.9 Å². The molecule has 0 atom stereocenters. The summed E-state index contributed by atoms with van der Waals surface area (Å²) in [5, 5.41) is 4.45. The molecule has 0 bridgehead atoms. The van der Waals surface area contributed by atoms with Crippen LogP contribution in [0.25, 0.3) is 10.1 Å². The zero-order valence-corrected chi connectivity index (χ0v) is 21.6. The smallest absolute Gasteiger partial charge is 0.255 e. The molecule has 0 spiro atoms. The highest BCUT2D eigenvalue weighted by Gasteiger charge is 2.24. The molecule has 0 aromatic carbocycles. The molecule has 2 saturated heterocycles. The number of piperidine rings is 1. The summed E-state index contributed by atoms with van der Waals surface area (Å²) in [4.78, 5) is 39.3. The molecule has 1 amide bonds. The van der Waals surface area contributed by atoms with Crippen LogP contribution in [0.1, 0.15) is 65.0 Å². The van der Waals surface area contributed by atoms with Crippen molar-refractivity contribution in [3.8, 4) is 0 Å². The van der Waals surface area contributed by atoms with Gasteiger partial charge in [0.15, 0.2) is 5.78 Å². The van der Waals surface area contributed by atoms with E-state index in [9.17, 15) is 9.59 Å². The lowest BCUT2D eigenvalue weighted by molar-refractivity contribution is 0.0685. The van der Waals surface area contributed by atoms with Gasteiger partial charge in [0.25, 0.3) is 5.91 Å². The van der Waals surface area contributed by atoms with Gasteiger partial charge in [-0.25, -0.2) is 4.98 Å². The lowest BCUT2D eigenvalue weighted by Crippen LogP contribution is -2.44. The van der Waals surface area contributed by atoms with E-state index in [1.807, 2.05) is 35.4 Å². The van der Waals surface area contributed by atoms with Crippen LogP contribution in [0.5, 0.6) is 0 Å². The number of thiophene rings is 1. The van der Waals surface area contributed by atoms with Gasteiger partial charge in [-0.2, -0.15) is 0 Å². The summed E-state index contributed by atoms with van der Waals surface area (Å²) in [5.74, 6) is 1.98. The van der Waals surface area contributed by atoms with Gasteiger partial charge in [0.2, 0.25) is 0 Å². The number of likely N-dealkylation sites (tertiary alicyclic amines) is 1. The Kier molecular flexibility index (Phi) is 8.23. The minimum absolute atomic E-state index is 0.100. The van der Waals surface area contributed by atoms with E-state index in [0.29, 0.717) is 17.9 Å². The highest BCUT2D eigenvalue weighted by Crippen LogP contribution is 2.27. The first kappa shape index (κ1) is 24.8. The Morgan fingerprint density at radius 1 is 1.00 bits per heavy atom. The summed E-state index contributed by atoms with van der Waals surface area (Å²) >= 11 is 1.55. The molecular formula is C28H35N5O2S. The number of pyridine rings is 2. The molecule has 36 heavy (non-hydrogen) atoms. The van der Waals surface area contributed by atoms with E-state index in [-0.39, 0.29) is 11.7 Å². The Hall–Kier alpha value is -2.84. The number of nitrogens with zero attached hydrogens (tertiary/aromatic N) is 4. The van der Waals surface area contributed by atoms with Crippen LogP contribution in [0.4, 0.5) is 5.82 Å². The van der Waals surface area contributed by atoms with Crippen molar-refractivity contribution in [2.75, 3.05) is 44.2 Å². The Morgan fingerprint density at radius 3 is 2.58 bits per heavy atom. The minimum atomic E-state index is 0.100. The van der Waals surface area contributed by atoms with Crippen LogP contribution < -0.4 is 10.2 Å². The third kappa shape index (κ3) is 6.10. The normalized spacial score (nSPS) is 17.0. The first-order chi connectivity index (χ1) is 17.7. The number of carbonyl (C=O) groups is 2. The number of ketones is 1. The summed E-state index contributed by atoms with van der Waals surface area (Å²) in [5.41, 5.74) is 0.687. The number of anilines is 1. The zero-order chi connectivity index (χ0) is 24.7. The van der Waals surface area contributed by atoms with Gasteiger partial charge in [0.1, 0.15) is 5.82 Å². The molecular weight excluding hydrogens is 470 g/mol. The van der Waals surface area contributed by atoms with Gasteiger partial charge < -0.3 is 15.1 Å². The van der Waals surface area contributed by atoms with Crippen LogP contribution in [0.15, 0.2) is 42.9 Å². The number of nitrogens with one attached hydrogen (secondary N) is 1. The number of piperazine rings is 1. The van der Waals surface area contributed by atoms with E-state index in [1.165, 1.54) is 6.42 Å². The van der Waals surface area contributed by atoms with Gasteiger partial charge in [-0.3, -0.25) is 14.6 Å². The van der Waals surface area contributed by atoms with Crippen molar-refractivity contribution in [3.05, 3.63) is 53.3 Å². The number of carbonyl (C=O) groups excluding carboxylic acids is 2. The second-order valence-corrected chi connectivity index (χ2v) is 11.0. The van der Waals surface area contributed by atoms with Crippen molar-refractivity contribution in [2.45, 2.75) is 44.9 Å². The number of fused-ring (bicyclic) bond motifs is 1. The molecule has 2 fully saturated rings. The number of aromatic nitrogens is 2.